The molecule has 3 aliphatic heterocycles. The van der Waals surface area contributed by atoms with Crippen molar-refractivity contribution in [2.45, 2.75) is 19.8 Å². The molecule has 1 aromatic carbocycles. The predicted molar refractivity (Wildman–Crippen MR) is 88.8 cm³/mol. The molecule has 2 aromatic rings. The average molecular weight is 313 g/mol. The van der Waals surface area contributed by atoms with Gasteiger partial charge in [-0.1, -0.05) is 37.3 Å². The maximum atomic E-state index is 10.7. The Labute approximate surface area is 136 Å². The molecule has 0 saturated carbocycles. The molecular weight excluding hydrogens is 290 g/mol. The first-order valence-corrected chi connectivity index (χ1v) is 8.17. The number of fused-ring (bicyclic) bond motifs is 3. The highest BCUT2D eigenvalue weighted by atomic mass is 16.4. The molecule has 1 unspecified atom stereocenters. The lowest BCUT2D eigenvalue weighted by Crippen LogP contribution is -2.46. The van der Waals surface area contributed by atoms with Gasteiger partial charge in [0.05, 0.1) is 6.20 Å². The van der Waals surface area contributed by atoms with Crippen LogP contribution in [0.25, 0.3) is 11.3 Å². The van der Waals surface area contributed by atoms with Crippen LogP contribution in [0.4, 0.5) is 0 Å². The van der Waals surface area contributed by atoms with Gasteiger partial charge in [0, 0.05) is 12.1 Å². The molecule has 3 aliphatic rings. The third-order valence-electron chi connectivity index (χ3n) is 4.76. The Bertz CT molecular complexity index is 645. The first kappa shape index (κ1) is 15.7. The second kappa shape index (κ2) is 6.96. The second-order valence-corrected chi connectivity index (χ2v) is 6.38. The third kappa shape index (κ3) is 3.79. The van der Waals surface area contributed by atoms with E-state index in [9.17, 15) is 4.79 Å². The van der Waals surface area contributed by atoms with Gasteiger partial charge in [0.2, 0.25) is 0 Å². The number of aromatic nitrogens is 1. The number of piperidine rings is 3. The van der Waals surface area contributed by atoms with Gasteiger partial charge in [0.25, 0.3) is 5.89 Å². The van der Waals surface area contributed by atoms with Gasteiger partial charge in [-0.2, -0.15) is 0 Å². The van der Waals surface area contributed by atoms with Crippen LogP contribution in [0.15, 0.2) is 40.9 Å². The zero-order valence-corrected chi connectivity index (χ0v) is 13.4. The summed E-state index contributed by atoms with van der Waals surface area (Å²) >= 11 is 0. The normalized spacial score (nSPS) is 25.5. The summed E-state index contributed by atoms with van der Waals surface area (Å²) in [7, 11) is 0. The molecule has 2 N–H and O–H groups in total. The van der Waals surface area contributed by atoms with E-state index in [1.165, 1.54) is 38.7 Å². The van der Waals surface area contributed by atoms with Crippen LogP contribution in [0.3, 0.4) is 0 Å². The standard InChI is InChI=1S/C10H8N2O2.C8H15N/c11-9(13)10-12-6-8(14-10)7-4-2-1-3-5-7;1-7-6-9-4-2-8(7)3-5-9/h1-6H,(H2,11,13);7-8H,2-6H2,1H3. The Morgan fingerprint density at radius 3 is 2.39 bits per heavy atom. The monoisotopic (exact) mass is 313 g/mol. The van der Waals surface area contributed by atoms with Crippen LogP contribution in [-0.4, -0.2) is 35.4 Å². The summed E-state index contributed by atoms with van der Waals surface area (Å²) in [6.07, 6.45) is 4.43. The molecule has 3 saturated heterocycles. The lowest BCUT2D eigenvalue weighted by molar-refractivity contribution is 0.0603. The molecule has 1 aromatic heterocycles. The number of oxazole rings is 1. The van der Waals surface area contributed by atoms with Gasteiger partial charge in [-0.05, 0) is 37.8 Å². The van der Waals surface area contributed by atoms with E-state index in [2.05, 4.69) is 16.8 Å². The largest absolute Gasteiger partial charge is 0.432 e. The second-order valence-electron chi connectivity index (χ2n) is 6.38. The SMILES string of the molecule is CC1CN2CCC1CC2.NC(=O)c1ncc(-c2ccccc2)o1. The zero-order chi connectivity index (χ0) is 16.2. The minimum atomic E-state index is -0.660. The molecule has 5 nitrogen and oxygen atoms in total. The van der Waals surface area contributed by atoms with Crippen molar-refractivity contribution in [2.75, 3.05) is 19.6 Å². The summed E-state index contributed by atoms with van der Waals surface area (Å²) < 4.78 is 5.15. The van der Waals surface area contributed by atoms with Gasteiger partial charge in [-0.15, -0.1) is 0 Å². The molecular formula is C18H23N3O2. The van der Waals surface area contributed by atoms with E-state index >= 15 is 0 Å². The lowest BCUT2D eigenvalue weighted by Gasteiger charge is -2.43. The van der Waals surface area contributed by atoms with Crippen LogP contribution in [0, 0.1) is 11.8 Å². The van der Waals surface area contributed by atoms with E-state index in [-0.39, 0.29) is 5.89 Å². The first-order chi connectivity index (χ1) is 11.1. The van der Waals surface area contributed by atoms with Crippen LogP contribution in [0.5, 0.6) is 0 Å². The molecule has 3 fully saturated rings. The van der Waals surface area contributed by atoms with Crippen LogP contribution in [0.1, 0.15) is 30.5 Å². The Kier molecular flexibility index (Phi) is 4.76. The van der Waals surface area contributed by atoms with Gasteiger partial charge in [0.1, 0.15) is 0 Å². The smallest absolute Gasteiger partial charge is 0.304 e. The van der Waals surface area contributed by atoms with E-state index in [0.29, 0.717) is 5.76 Å². The molecule has 0 spiro atoms. The molecule has 4 heterocycles. The highest BCUT2D eigenvalue weighted by Crippen LogP contribution is 2.31. The van der Waals surface area contributed by atoms with Gasteiger partial charge in [-0.3, -0.25) is 4.79 Å². The Hall–Kier alpha value is -2.14. The summed E-state index contributed by atoms with van der Waals surface area (Å²) in [6.45, 7) is 6.55. The Balaban J connectivity index is 0.000000149. The number of benzene rings is 1. The number of primary amides is 1. The van der Waals surface area contributed by atoms with E-state index in [1.807, 2.05) is 30.3 Å². The van der Waals surface area contributed by atoms with Crippen molar-refractivity contribution in [3.05, 3.63) is 42.4 Å². The minimum Gasteiger partial charge on any atom is -0.432 e. The maximum Gasteiger partial charge on any atom is 0.304 e. The molecule has 5 heteroatoms. The van der Waals surface area contributed by atoms with Crippen molar-refractivity contribution in [2.24, 2.45) is 17.6 Å². The molecule has 1 atom stereocenters. The maximum absolute atomic E-state index is 10.7. The topological polar surface area (TPSA) is 72.4 Å². The summed E-state index contributed by atoms with van der Waals surface area (Å²) in [4.78, 5) is 17.1. The third-order valence-corrected chi connectivity index (χ3v) is 4.76. The lowest BCUT2D eigenvalue weighted by atomic mass is 9.80. The van der Waals surface area contributed by atoms with Crippen LogP contribution in [0.2, 0.25) is 0 Å². The number of nitrogens with two attached hydrogens (primary N) is 1. The number of hydrogen-bond acceptors (Lipinski definition) is 4. The molecule has 2 bridgehead atoms. The molecule has 0 radical (unpaired) electrons. The summed E-state index contributed by atoms with van der Waals surface area (Å²) in [5, 5.41) is 0. The molecule has 0 aliphatic carbocycles. The van der Waals surface area contributed by atoms with E-state index < -0.39 is 5.91 Å². The number of carbonyl (C=O) groups is 1. The van der Waals surface area contributed by atoms with Crippen LogP contribution >= 0.6 is 0 Å². The van der Waals surface area contributed by atoms with E-state index in [0.717, 1.165) is 17.4 Å². The summed E-state index contributed by atoms with van der Waals surface area (Å²) in [5.41, 5.74) is 5.88. The number of carbonyl (C=O) groups excluding carboxylic acids is 1. The highest BCUT2D eigenvalue weighted by Gasteiger charge is 2.30. The average Bonchev–Trinajstić information content (AvgIpc) is 3.07. The van der Waals surface area contributed by atoms with Crippen molar-refractivity contribution >= 4 is 5.91 Å². The number of hydrogen-bond donors (Lipinski definition) is 1. The molecule has 23 heavy (non-hydrogen) atoms. The molecule has 122 valence electrons. The van der Waals surface area contributed by atoms with Crippen molar-refractivity contribution in [1.29, 1.82) is 0 Å². The fraction of sp³-hybridized carbons (Fsp3) is 0.444. The number of rotatable bonds is 2. The Morgan fingerprint density at radius 1 is 1.26 bits per heavy atom. The van der Waals surface area contributed by atoms with Crippen LogP contribution in [-0.2, 0) is 0 Å². The van der Waals surface area contributed by atoms with E-state index in [1.54, 1.807) is 0 Å². The first-order valence-electron chi connectivity index (χ1n) is 8.17. The predicted octanol–water partition coefficient (Wildman–Crippen LogP) is 2.79. The molecule has 5 rings (SSSR count). The minimum absolute atomic E-state index is 0.0659. The van der Waals surface area contributed by atoms with E-state index in [4.69, 9.17) is 10.2 Å². The van der Waals surface area contributed by atoms with Crippen molar-refractivity contribution < 1.29 is 9.21 Å². The molecule has 1 amide bonds. The quantitative estimate of drug-likeness (QED) is 0.925. The number of nitrogens with zero attached hydrogens (tertiary/aromatic N) is 2. The van der Waals surface area contributed by atoms with Crippen molar-refractivity contribution in [1.82, 2.24) is 9.88 Å². The fourth-order valence-corrected chi connectivity index (χ4v) is 3.38. The van der Waals surface area contributed by atoms with Gasteiger partial charge in [-0.25, -0.2) is 4.98 Å². The van der Waals surface area contributed by atoms with Gasteiger partial charge >= 0.3 is 5.91 Å². The van der Waals surface area contributed by atoms with Crippen molar-refractivity contribution in [3.63, 3.8) is 0 Å². The highest BCUT2D eigenvalue weighted by molar-refractivity contribution is 5.88. The summed E-state index contributed by atoms with van der Waals surface area (Å²) in [6, 6.07) is 9.38. The fourth-order valence-electron chi connectivity index (χ4n) is 3.38. The Morgan fingerprint density at radius 2 is 1.96 bits per heavy atom. The van der Waals surface area contributed by atoms with Gasteiger partial charge in [0.15, 0.2) is 5.76 Å². The zero-order valence-electron chi connectivity index (χ0n) is 13.4. The van der Waals surface area contributed by atoms with Crippen LogP contribution < -0.4 is 5.73 Å². The number of amides is 1. The van der Waals surface area contributed by atoms with Crippen molar-refractivity contribution in [3.8, 4) is 11.3 Å². The van der Waals surface area contributed by atoms with Gasteiger partial charge < -0.3 is 15.1 Å². The summed E-state index contributed by atoms with van der Waals surface area (Å²) in [5.74, 6) is 1.89.